The highest BCUT2D eigenvalue weighted by Crippen LogP contribution is 2.20. The van der Waals surface area contributed by atoms with Gasteiger partial charge in [-0.2, -0.15) is 0 Å². The summed E-state index contributed by atoms with van der Waals surface area (Å²) < 4.78 is 5.99. The molecule has 0 radical (unpaired) electrons. The fraction of sp³-hybridized carbons (Fsp3) is 0.905. The molecular weight excluding hydrogens is 481 g/mol. The van der Waals surface area contributed by atoms with Crippen LogP contribution in [0.15, 0.2) is 4.99 Å². The molecule has 0 aromatic carbocycles. The number of carbonyl (C=O) groups excluding carboxylic acids is 1. The number of carbonyl (C=O) groups is 1. The van der Waals surface area contributed by atoms with Crippen molar-refractivity contribution < 1.29 is 9.53 Å². The first-order valence-corrected chi connectivity index (χ1v) is 11.3. The summed E-state index contributed by atoms with van der Waals surface area (Å²) in [6.45, 7) is 6.88. The molecule has 0 aromatic rings. The molecule has 4 N–H and O–H groups in total. The number of rotatable bonds is 11. The van der Waals surface area contributed by atoms with Crippen molar-refractivity contribution in [3.8, 4) is 0 Å². The molecule has 1 aliphatic heterocycles. The van der Waals surface area contributed by atoms with Crippen LogP contribution >= 0.6 is 24.0 Å². The molecule has 2 aliphatic rings. The number of unbranched alkanes of at least 4 members (excludes halogenated alkanes) is 2. The van der Waals surface area contributed by atoms with Gasteiger partial charge >= 0.3 is 0 Å². The van der Waals surface area contributed by atoms with E-state index in [1.165, 1.54) is 38.5 Å². The largest absolute Gasteiger partial charge is 0.378 e. The zero-order chi connectivity index (χ0) is 20.0. The Hall–Kier alpha value is -0.610. The lowest BCUT2D eigenvalue weighted by Gasteiger charge is -2.32. The maximum absolute atomic E-state index is 11.0. The molecule has 1 heterocycles. The highest BCUT2D eigenvalue weighted by atomic mass is 127. The minimum absolute atomic E-state index is 0. The van der Waals surface area contributed by atoms with Crippen LogP contribution in [-0.2, 0) is 9.53 Å². The molecule has 0 atom stereocenters. The Bertz CT molecular complexity index is 464. The van der Waals surface area contributed by atoms with Gasteiger partial charge in [0, 0.05) is 38.8 Å². The van der Waals surface area contributed by atoms with Crippen LogP contribution < -0.4 is 16.4 Å². The summed E-state index contributed by atoms with van der Waals surface area (Å²) in [5.74, 6) is 0.666. The number of nitrogens with zero attached hydrogens (tertiary/aromatic N) is 2. The number of aliphatic imine (C=N–C) groups is 1. The van der Waals surface area contributed by atoms with E-state index < -0.39 is 0 Å². The number of nitrogens with one attached hydrogen (secondary N) is 2. The first-order valence-electron chi connectivity index (χ1n) is 11.3. The van der Waals surface area contributed by atoms with Gasteiger partial charge < -0.3 is 21.1 Å². The second-order valence-corrected chi connectivity index (χ2v) is 8.11. The third-order valence-corrected chi connectivity index (χ3v) is 5.63. The number of hydrogen-bond donors (Lipinski definition) is 3. The number of guanidine groups is 1. The van der Waals surface area contributed by atoms with E-state index in [1.807, 2.05) is 0 Å². The van der Waals surface area contributed by atoms with Gasteiger partial charge in [0.2, 0.25) is 5.91 Å². The van der Waals surface area contributed by atoms with Crippen molar-refractivity contribution in [2.45, 2.75) is 83.3 Å². The van der Waals surface area contributed by atoms with E-state index >= 15 is 0 Å². The average molecular weight is 524 g/mol. The van der Waals surface area contributed by atoms with Crippen LogP contribution in [0.1, 0.15) is 71.1 Å². The monoisotopic (exact) mass is 523 g/mol. The van der Waals surface area contributed by atoms with Crippen LogP contribution in [0.25, 0.3) is 0 Å². The van der Waals surface area contributed by atoms with Gasteiger partial charge in [-0.25, -0.2) is 0 Å². The number of hydrogen-bond acceptors (Lipinski definition) is 4. The molecule has 1 amide bonds. The number of amides is 1. The van der Waals surface area contributed by atoms with Crippen molar-refractivity contribution in [3.05, 3.63) is 0 Å². The van der Waals surface area contributed by atoms with Gasteiger partial charge in [0.25, 0.3) is 0 Å². The maximum Gasteiger partial charge on any atom is 0.231 e. The molecule has 1 saturated carbocycles. The van der Waals surface area contributed by atoms with Crippen molar-refractivity contribution in [1.82, 2.24) is 15.5 Å². The fourth-order valence-corrected chi connectivity index (χ4v) is 4.03. The van der Waals surface area contributed by atoms with Crippen molar-refractivity contribution >= 4 is 35.8 Å². The van der Waals surface area contributed by atoms with E-state index in [1.54, 1.807) is 0 Å². The zero-order valence-electron chi connectivity index (χ0n) is 18.2. The smallest absolute Gasteiger partial charge is 0.231 e. The average Bonchev–Trinajstić information content (AvgIpc) is 2.69. The summed E-state index contributed by atoms with van der Waals surface area (Å²) in [6.07, 6.45) is 12.5. The van der Waals surface area contributed by atoms with Crippen LogP contribution in [-0.4, -0.2) is 68.2 Å². The molecule has 0 spiro atoms. The molecule has 7 nitrogen and oxygen atoms in total. The maximum atomic E-state index is 11.0. The third kappa shape index (κ3) is 12.0. The second-order valence-electron chi connectivity index (χ2n) is 8.11. The highest BCUT2D eigenvalue weighted by Gasteiger charge is 2.20. The Morgan fingerprint density at radius 1 is 1.10 bits per heavy atom. The molecular formula is C21H42IN5O2. The Labute approximate surface area is 194 Å². The Morgan fingerprint density at radius 2 is 1.83 bits per heavy atom. The minimum atomic E-state index is -0.245. The van der Waals surface area contributed by atoms with E-state index in [2.05, 4.69) is 22.5 Å². The molecule has 29 heavy (non-hydrogen) atoms. The summed E-state index contributed by atoms with van der Waals surface area (Å²) in [5, 5.41) is 6.89. The molecule has 2 rings (SSSR count). The summed E-state index contributed by atoms with van der Waals surface area (Å²) in [5.41, 5.74) is 5.28. The third-order valence-electron chi connectivity index (χ3n) is 5.63. The Balaban J connectivity index is 0.00000420. The van der Waals surface area contributed by atoms with Gasteiger partial charge in [-0.1, -0.05) is 19.3 Å². The lowest BCUT2D eigenvalue weighted by Crippen LogP contribution is -2.49. The van der Waals surface area contributed by atoms with E-state index in [4.69, 9.17) is 15.5 Å². The molecule has 8 heteroatoms. The number of nitrogens with two attached hydrogens (primary N) is 1. The van der Waals surface area contributed by atoms with Gasteiger partial charge in [-0.3, -0.25) is 14.7 Å². The Morgan fingerprint density at radius 3 is 2.48 bits per heavy atom. The van der Waals surface area contributed by atoms with Crippen molar-refractivity contribution in [1.29, 1.82) is 0 Å². The van der Waals surface area contributed by atoms with Gasteiger partial charge in [-0.05, 0) is 51.9 Å². The zero-order valence-corrected chi connectivity index (χ0v) is 20.5. The predicted molar refractivity (Wildman–Crippen MR) is 130 cm³/mol. The van der Waals surface area contributed by atoms with Gasteiger partial charge in [0.05, 0.1) is 12.6 Å². The van der Waals surface area contributed by atoms with Gasteiger partial charge in [-0.15, -0.1) is 24.0 Å². The second kappa shape index (κ2) is 16.1. The lowest BCUT2D eigenvalue weighted by atomic mass is 9.98. The number of ether oxygens (including phenoxy) is 1. The Kier molecular flexibility index (Phi) is 14.7. The topological polar surface area (TPSA) is 92.0 Å². The highest BCUT2D eigenvalue weighted by molar-refractivity contribution is 14.0. The fourth-order valence-electron chi connectivity index (χ4n) is 4.03. The SMILES string of the molecule is CCNC(=NCCCCCOC1CCCCC1)NC1CCN(CC(N)=O)CC1.I. The first kappa shape index (κ1) is 26.4. The van der Waals surface area contributed by atoms with Crippen LogP contribution in [0, 0.1) is 0 Å². The normalized spacial score (nSPS) is 19.6. The standard InChI is InChI=1S/C21H41N5O2.HI/c1-2-23-21(25-18-11-14-26(15-12-18)17-20(22)27)24-13-7-4-8-16-28-19-9-5-3-6-10-19;/h18-19H,2-17H2,1H3,(H2,22,27)(H2,23,24,25);1H. The van der Waals surface area contributed by atoms with Gasteiger partial charge in [0.15, 0.2) is 5.96 Å². The summed E-state index contributed by atoms with van der Waals surface area (Å²) >= 11 is 0. The van der Waals surface area contributed by atoms with E-state index in [-0.39, 0.29) is 29.9 Å². The van der Waals surface area contributed by atoms with Crippen molar-refractivity contribution in [3.63, 3.8) is 0 Å². The van der Waals surface area contributed by atoms with Crippen LogP contribution in [0.2, 0.25) is 0 Å². The predicted octanol–water partition coefficient (Wildman–Crippen LogP) is 2.63. The summed E-state index contributed by atoms with van der Waals surface area (Å²) in [4.78, 5) is 17.9. The van der Waals surface area contributed by atoms with Crippen LogP contribution in [0.5, 0.6) is 0 Å². The van der Waals surface area contributed by atoms with Crippen LogP contribution in [0.4, 0.5) is 0 Å². The molecule has 0 aromatic heterocycles. The summed E-state index contributed by atoms with van der Waals surface area (Å²) in [7, 11) is 0. The lowest BCUT2D eigenvalue weighted by molar-refractivity contribution is -0.119. The van der Waals surface area contributed by atoms with E-state index in [0.717, 1.165) is 64.4 Å². The number of likely N-dealkylation sites (tertiary alicyclic amines) is 1. The first-order chi connectivity index (χ1) is 13.7. The molecule has 0 bridgehead atoms. The minimum Gasteiger partial charge on any atom is -0.378 e. The van der Waals surface area contributed by atoms with Crippen molar-refractivity contribution in [2.24, 2.45) is 10.7 Å². The summed E-state index contributed by atoms with van der Waals surface area (Å²) in [6, 6.07) is 0.408. The molecule has 170 valence electrons. The van der Waals surface area contributed by atoms with E-state index in [9.17, 15) is 4.79 Å². The van der Waals surface area contributed by atoms with Crippen molar-refractivity contribution in [2.75, 3.05) is 39.3 Å². The number of halogens is 1. The molecule has 1 aliphatic carbocycles. The van der Waals surface area contributed by atoms with Gasteiger partial charge in [0.1, 0.15) is 0 Å². The number of piperidine rings is 1. The quantitative estimate of drug-likeness (QED) is 0.168. The molecule has 0 unspecified atom stereocenters. The van der Waals surface area contributed by atoms with E-state index in [0.29, 0.717) is 18.7 Å². The molecule has 1 saturated heterocycles. The van der Waals surface area contributed by atoms with Crippen LogP contribution in [0.3, 0.4) is 0 Å². The molecule has 2 fully saturated rings. The number of primary amides is 1.